The maximum Gasteiger partial charge on any atom is 0.318 e. The number of hydrogen-bond donors (Lipinski definition) is 2. The van der Waals surface area contributed by atoms with Crippen LogP contribution in [0, 0.1) is 13.8 Å². The summed E-state index contributed by atoms with van der Waals surface area (Å²) in [6.45, 7) is 6.95. The molecule has 124 valence electrons. The third-order valence-electron chi connectivity index (χ3n) is 4.62. The molecule has 2 N–H and O–H groups in total. The van der Waals surface area contributed by atoms with Crippen molar-refractivity contribution in [3.63, 3.8) is 0 Å². The molecule has 1 fully saturated rings. The van der Waals surface area contributed by atoms with Crippen LogP contribution >= 0.6 is 11.3 Å². The molecule has 0 saturated carbocycles. The molecular formula is C17H24N4OS. The van der Waals surface area contributed by atoms with Crippen molar-refractivity contribution in [2.75, 3.05) is 6.54 Å². The van der Waals surface area contributed by atoms with Crippen molar-refractivity contribution in [1.82, 2.24) is 20.4 Å². The van der Waals surface area contributed by atoms with E-state index in [1.165, 1.54) is 10.4 Å². The van der Waals surface area contributed by atoms with Crippen molar-refractivity contribution in [3.8, 4) is 0 Å². The van der Waals surface area contributed by atoms with E-state index in [2.05, 4.69) is 33.9 Å². The van der Waals surface area contributed by atoms with Crippen LogP contribution in [0.1, 0.15) is 60.1 Å². The van der Waals surface area contributed by atoms with Crippen LogP contribution in [0.5, 0.6) is 0 Å². The summed E-state index contributed by atoms with van der Waals surface area (Å²) >= 11 is 1.70. The summed E-state index contributed by atoms with van der Waals surface area (Å²) in [5, 5.41) is 12.6. The smallest absolute Gasteiger partial charge is 0.318 e. The van der Waals surface area contributed by atoms with Gasteiger partial charge in [-0.25, -0.2) is 4.79 Å². The molecule has 2 atom stereocenters. The molecule has 3 heterocycles. The Kier molecular flexibility index (Phi) is 4.71. The van der Waals surface area contributed by atoms with Gasteiger partial charge in [0.25, 0.3) is 0 Å². The lowest BCUT2D eigenvalue weighted by Gasteiger charge is -2.27. The van der Waals surface area contributed by atoms with Gasteiger partial charge in [-0.3, -0.25) is 5.10 Å². The van der Waals surface area contributed by atoms with Crippen molar-refractivity contribution in [3.05, 3.63) is 39.3 Å². The minimum Gasteiger partial charge on any atom is -0.330 e. The zero-order chi connectivity index (χ0) is 16.4. The quantitative estimate of drug-likeness (QED) is 0.886. The number of nitrogens with zero attached hydrogens (tertiary/aromatic N) is 2. The molecule has 0 aliphatic carbocycles. The average molecular weight is 332 g/mol. The first-order valence-electron chi connectivity index (χ1n) is 8.23. The van der Waals surface area contributed by atoms with E-state index >= 15 is 0 Å². The molecule has 2 aromatic heterocycles. The lowest BCUT2D eigenvalue weighted by molar-refractivity contribution is 0.188. The highest BCUT2D eigenvalue weighted by atomic mass is 32.1. The first-order chi connectivity index (χ1) is 11.1. The van der Waals surface area contributed by atoms with E-state index in [-0.39, 0.29) is 18.1 Å². The second-order valence-corrected chi connectivity index (χ2v) is 7.10. The number of hydrogen-bond acceptors (Lipinski definition) is 3. The molecule has 1 aliphatic heterocycles. The predicted molar refractivity (Wildman–Crippen MR) is 92.6 cm³/mol. The monoisotopic (exact) mass is 332 g/mol. The van der Waals surface area contributed by atoms with Gasteiger partial charge in [-0.05, 0) is 44.6 Å². The van der Waals surface area contributed by atoms with Crippen molar-refractivity contribution in [2.24, 2.45) is 0 Å². The topological polar surface area (TPSA) is 61.0 Å². The molecule has 23 heavy (non-hydrogen) atoms. The van der Waals surface area contributed by atoms with Gasteiger partial charge in [0.2, 0.25) is 0 Å². The third-order valence-corrected chi connectivity index (χ3v) is 5.61. The number of rotatable bonds is 4. The van der Waals surface area contributed by atoms with Crippen molar-refractivity contribution < 1.29 is 4.79 Å². The first kappa shape index (κ1) is 16.1. The number of carbonyl (C=O) groups excluding carboxylic acids is 1. The highest BCUT2D eigenvalue weighted by Crippen LogP contribution is 2.35. The Morgan fingerprint density at radius 1 is 1.57 bits per heavy atom. The summed E-state index contributed by atoms with van der Waals surface area (Å²) in [6.07, 6.45) is 2.94. The Morgan fingerprint density at radius 2 is 2.39 bits per heavy atom. The molecule has 1 aliphatic rings. The number of urea groups is 1. The van der Waals surface area contributed by atoms with Crippen molar-refractivity contribution in [2.45, 2.75) is 52.1 Å². The Labute approximate surface area is 141 Å². The second-order valence-electron chi connectivity index (χ2n) is 6.12. The maximum absolute atomic E-state index is 12.8. The number of H-pyrrole nitrogens is 1. The van der Waals surface area contributed by atoms with E-state index < -0.39 is 0 Å². The van der Waals surface area contributed by atoms with Gasteiger partial charge >= 0.3 is 6.03 Å². The molecule has 2 aromatic rings. The van der Waals surface area contributed by atoms with Crippen LogP contribution < -0.4 is 5.32 Å². The van der Waals surface area contributed by atoms with Crippen LogP contribution in [0.3, 0.4) is 0 Å². The van der Waals surface area contributed by atoms with Gasteiger partial charge < -0.3 is 10.2 Å². The van der Waals surface area contributed by atoms with E-state index in [0.717, 1.165) is 37.2 Å². The van der Waals surface area contributed by atoms with Gasteiger partial charge in [-0.15, -0.1) is 11.3 Å². The Bertz CT molecular complexity index is 645. The number of aryl methyl sites for hydroxylation is 2. The number of amides is 2. The highest BCUT2D eigenvalue weighted by molar-refractivity contribution is 7.10. The molecule has 0 spiro atoms. The van der Waals surface area contributed by atoms with E-state index in [9.17, 15) is 4.79 Å². The number of carbonyl (C=O) groups is 1. The fourth-order valence-corrected chi connectivity index (χ4v) is 4.32. The SMILES string of the molecule is CC[C@H](NC(=O)N1CCC[C@@H]1c1c(C)n[nH]c1C)c1cccs1. The van der Waals surface area contributed by atoms with Gasteiger partial charge in [-0.1, -0.05) is 13.0 Å². The van der Waals surface area contributed by atoms with E-state index in [4.69, 9.17) is 0 Å². The molecule has 0 radical (unpaired) electrons. The number of likely N-dealkylation sites (tertiary alicyclic amines) is 1. The number of aromatic amines is 1. The molecule has 5 nitrogen and oxygen atoms in total. The van der Waals surface area contributed by atoms with Crippen LogP contribution in [-0.4, -0.2) is 27.7 Å². The molecule has 0 bridgehead atoms. The molecule has 1 saturated heterocycles. The van der Waals surface area contributed by atoms with Gasteiger partial charge in [0.05, 0.1) is 17.8 Å². The minimum absolute atomic E-state index is 0.0350. The zero-order valence-corrected chi connectivity index (χ0v) is 14.7. The lowest BCUT2D eigenvalue weighted by atomic mass is 10.0. The van der Waals surface area contributed by atoms with Crippen LogP contribution in [0.25, 0.3) is 0 Å². The maximum atomic E-state index is 12.8. The molecule has 0 aromatic carbocycles. The minimum atomic E-state index is 0.0350. The molecule has 3 rings (SSSR count). The van der Waals surface area contributed by atoms with Crippen molar-refractivity contribution in [1.29, 1.82) is 0 Å². The van der Waals surface area contributed by atoms with Gasteiger partial charge in [-0.2, -0.15) is 5.10 Å². The normalized spacial score (nSPS) is 19.1. The largest absolute Gasteiger partial charge is 0.330 e. The van der Waals surface area contributed by atoms with Crippen LogP contribution in [-0.2, 0) is 0 Å². The van der Waals surface area contributed by atoms with Crippen LogP contribution in [0.15, 0.2) is 17.5 Å². The summed E-state index contributed by atoms with van der Waals surface area (Å²) in [5.74, 6) is 0. The zero-order valence-electron chi connectivity index (χ0n) is 13.9. The summed E-state index contributed by atoms with van der Waals surface area (Å²) in [4.78, 5) is 16.0. The summed E-state index contributed by atoms with van der Waals surface area (Å²) in [7, 11) is 0. The van der Waals surface area contributed by atoms with Crippen LogP contribution in [0.4, 0.5) is 4.79 Å². The van der Waals surface area contributed by atoms with Gasteiger partial charge in [0, 0.05) is 22.7 Å². The third kappa shape index (κ3) is 3.13. The summed E-state index contributed by atoms with van der Waals surface area (Å²) < 4.78 is 0. The lowest BCUT2D eigenvalue weighted by Crippen LogP contribution is -2.41. The standard InChI is InChI=1S/C17H24N4OS/c1-4-13(15-8-6-10-23-15)18-17(22)21-9-5-7-14(21)16-11(2)19-20-12(16)3/h6,8,10,13-14H,4-5,7,9H2,1-3H3,(H,18,22)(H,19,20)/t13-,14+/m0/s1. The van der Waals surface area contributed by atoms with Gasteiger partial charge in [0.1, 0.15) is 0 Å². The van der Waals surface area contributed by atoms with Gasteiger partial charge in [0.15, 0.2) is 0 Å². The summed E-state index contributed by atoms with van der Waals surface area (Å²) in [5.41, 5.74) is 3.25. The van der Waals surface area contributed by atoms with E-state index in [0.29, 0.717) is 0 Å². The summed E-state index contributed by atoms with van der Waals surface area (Å²) in [6, 6.07) is 4.38. The Morgan fingerprint density at radius 3 is 3.00 bits per heavy atom. The van der Waals surface area contributed by atoms with E-state index in [1.807, 2.05) is 24.8 Å². The Balaban J connectivity index is 1.76. The fourth-order valence-electron chi connectivity index (χ4n) is 3.46. The number of nitrogens with one attached hydrogen (secondary N) is 2. The average Bonchev–Trinajstić information content (AvgIpc) is 3.26. The van der Waals surface area contributed by atoms with E-state index in [1.54, 1.807) is 11.3 Å². The van der Waals surface area contributed by atoms with Crippen molar-refractivity contribution >= 4 is 17.4 Å². The number of aromatic nitrogens is 2. The second kappa shape index (κ2) is 6.74. The first-order valence-corrected chi connectivity index (χ1v) is 9.11. The Hall–Kier alpha value is -1.82. The molecule has 0 unspecified atom stereocenters. The molecule has 2 amide bonds. The molecule has 6 heteroatoms. The number of thiophene rings is 1. The van der Waals surface area contributed by atoms with Crippen LogP contribution in [0.2, 0.25) is 0 Å². The highest BCUT2D eigenvalue weighted by Gasteiger charge is 2.33. The molecular weight excluding hydrogens is 308 g/mol. The fraction of sp³-hybridized carbons (Fsp3) is 0.529. The predicted octanol–water partition coefficient (Wildman–Crippen LogP) is 4.09.